The Morgan fingerprint density at radius 2 is 2.00 bits per heavy atom. The number of fused-ring (bicyclic) bond motifs is 1. The van der Waals surface area contributed by atoms with Crippen molar-refractivity contribution in [3.63, 3.8) is 0 Å². The molecule has 0 saturated heterocycles. The second-order valence-electron chi connectivity index (χ2n) is 7.97. The minimum absolute atomic E-state index is 0.0584. The zero-order valence-electron chi connectivity index (χ0n) is 18.7. The van der Waals surface area contributed by atoms with Crippen molar-refractivity contribution < 1.29 is 24.0 Å². The Hall–Kier alpha value is -5.37. The molecular formula is C25H17N5O6. The summed E-state index contributed by atoms with van der Waals surface area (Å²) in [6, 6.07) is 17.6. The van der Waals surface area contributed by atoms with Gasteiger partial charge in [-0.25, -0.2) is 9.48 Å². The van der Waals surface area contributed by atoms with Crippen LogP contribution < -0.4 is 10.5 Å². The number of benzene rings is 2. The molecule has 0 radical (unpaired) electrons. The monoisotopic (exact) mass is 483 g/mol. The third kappa shape index (κ3) is 3.54. The zero-order chi connectivity index (χ0) is 25.6. The number of aryl methyl sites for hydroxylation is 1. The smallest absolute Gasteiger partial charge is 0.335 e. The molecule has 36 heavy (non-hydrogen) atoms. The molecule has 0 amide bonds. The Labute approximate surface area is 203 Å². The van der Waals surface area contributed by atoms with E-state index in [4.69, 9.17) is 14.9 Å². The number of aromatic nitrogens is 2. The van der Waals surface area contributed by atoms with Gasteiger partial charge in [0.25, 0.3) is 5.69 Å². The number of nitrogens with two attached hydrogens (primary N) is 1. The van der Waals surface area contributed by atoms with Crippen LogP contribution in [0.5, 0.6) is 5.88 Å². The van der Waals surface area contributed by atoms with E-state index in [9.17, 15) is 25.3 Å². The fourth-order valence-corrected chi connectivity index (χ4v) is 4.24. The molecule has 11 heteroatoms. The van der Waals surface area contributed by atoms with Crippen molar-refractivity contribution in [1.82, 2.24) is 9.78 Å². The standard InChI is InChI=1S/C25H17N5O6/c1-13-21-22(20-10-9-19(35-20)16-7-2-3-8-18(16)30(33)34)17(12-26)23(27)36-24(21)29(28-13)15-6-4-5-14(11-15)25(31)32/h2-11,22H,27H2,1H3,(H,31,32). The average Bonchev–Trinajstić information content (AvgIpc) is 3.48. The van der Waals surface area contributed by atoms with Crippen molar-refractivity contribution in [2.24, 2.45) is 5.73 Å². The van der Waals surface area contributed by atoms with Gasteiger partial charge in [0.15, 0.2) is 0 Å². The summed E-state index contributed by atoms with van der Waals surface area (Å²) >= 11 is 0. The molecule has 4 aromatic rings. The lowest BCUT2D eigenvalue weighted by Crippen LogP contribution is -2.21. The summed E-state index contributed by atoms with van der Waals surface area (Å²) in [7, 11) is 0. The van der Waals surface area contributed by atoms with Crippen LogP contribution in [0.25, 0.3) is 17.0 Å². The van der Waals surface area contributed by atoms with Gasteiger partial charge in [0.2, 0.25) is 11.8 Å². The van der Waals surface area contributed by atoms with Crippen LogP contribution in [-0.2, 0) is 0 Å². The molecule has 11 nitrogen and oxygen atoms in total. The topological polar surface area (TPSA) is 170 Å². The summed E-state index contributed by atoms with van der Waals surface area (Å²) < 4.78 is 13.2. The number of allylic oxidation sites excluding steroid dienone is 1. The number of rotatable bonds is 5. The molecule has 1 atom stereocenters. The van der Waals surface area contributed by atoms with Crippen LogP contribution in [0.15, 0.2) is 76.5 Å². The van der Waals surface area contributed by atoms with Crippen molar-refractivity contribution in [3.8, 4) is 29.0 Å². The molecule has 2 aromatic carbocycles. The molecule has 0 aliphatic carbocycles. The maximum Gasteiger partial charge on any atom is 0.335 e. The van der Waals surface area contributed by atoms with Gasteiger partial charge in [0.05, 0.1) is 38.9 Å². The highest BCUT2D eigenvalue weighted by Crippen LogP contribution is 2.46. The summed E-state index contributed by atoms with van der Waals surface area (Å²) in [5, 5.41) is 35.3. The summed E-state index contributed by atoms with van der Waals surface area (Å²) in [5.41, 5.74) is 7.86. The van der Waals surface area contributed by atoms with Crippen LogP contribution in [0.3, 0.4) is 0 Å². The van der Waals surface area contributed by atoms with E-state index in [-0.39, 0.29) is 39.9 Å². The number of hydrogen-bond acceptors (Lipinski definition) is 8. The lowest BCUT2D eigenvalue weighted by molar-refractivity contribution is -0.384. The molecule has 1 aliphatic heterocycles. The number of carbonyl (C=O) groups is 1. The quantitative estimate of drug-likeness (QED) is 0.311. The third-order valence-electron chi connectivity index (χ3n) is 5.85. The molecular weight excluding hydrogens is 466 g/mol. The Bertz CT molecular complexity index is 1620. The lowest BCUT2D eigenvalue weighted by atomic mass is 9.88. The molecule has 0 spiro atoms. The summed E-state index contributed by atoms with van der Waals surface area (Å²) in [5.74, 6) is -1.28. The number of hydrogen-bond donors (Lipinski definition) is 2. The molecule has 1 aliphatic rings. The Morgan fingerprint density at radius 1 is 1.22 bits per heavy atom. The first-order valence-electron chi connectivity index (χ1n) is 10.6. The molecule has 5 rings (SSSR count). The Morgan fingerprint density at radius 3 is 2.72 bits per heavy atom. The number of nitro benzene ring substituents is 1. The minimum atomic E-state index is -1.10. The first kappa shape index (κ1) is 22.4. The van der Waals surface area contributed by atoms with Gasteiger partial charge in [-0.05, 0) is 43.3 Å². The van der Waals surface area contributed by atoms with Crippen LogP contribution in [-0.4, -0.2) is 25.8 Å². The largest absolute Gasteiger partial charge is 0.478 e. The second-order valence-corrected chi connectivity index (χ2v) is 7.97. The van der Waals surface area contributed by atoms with Gasteiger partial charge in [0, 0.05) is 6.07 Å². The minimum Gasteiger partial charge on any atom is -0.478 e. The molecule has 0 fully saturated rings. The van der Waals surface area contributed by atoms with Gasteiger partial charge in [0.1, 0.15) is 23.2 Å². The maximum atomic E-state index is 11.5. The molecule has 2 aromatic heterocycles. The number of aromatic carboxylic acids is 1. The second kappa shape index (κ2) is 8.44. The molecule has 0 bridgehead atoms. The average molecular weight is 483 g/mol. The predicted molar refractivity (Wildman–Crippen MR) is 125 cm³/mol. The number of carboxylic acids is 1. The Balaban J connectivity index is 1.66. The summed E-state index contributed by atoms with van der Waals surface area (Å²) in [4.78, 5) is 22.4. The predicted octanol–water partition coefficient (Wildman–Crippen LogP) is 4.27. The van der Waals surface area contributed by atoms with Crippen LogP contribution >= 0.6 is 0 Å². The van der Waals surface area contributed by atoms with E-state index in [0.717, 1.165) is 0 Å². The van der Waals surface area contributed by atoms with Crippen LogP contribution in [0.1, 0.15) is 33.3 Å². The van der Waals surface area contributed by atoms with E-state index in [0.29, 0.717) is 22.7 Å². The van der Waals surface area contributed by atoms with Gasteiger partial charge in [-0.2, -0.15) is 10.4 Å². The van der Waals surface area contributed by atoms with Crippen molar-refractivity contribution in [3.05, 3.63) is 105 Å². The third-order valence-corrected chi connectivity index (χ3v) is 5.85. The molecule has 178 valence electrons. The van der Waals surface area contributed by atoms with Gasteiger partial charge in [-0.1, -0.05) is 18.2 Å². The lowest BCUT2D eigenvalue weighted by Gasteiger charge is -2.23. The van der Waals surface area contributed by atoms with E-state index in [1.54, 1.807) is 49.4 Å². The van der Waals surface area contributed by atoms with E-state index < -0.39 is 16.8 Å². The highest BCUT2D eigenvalue weighted by Gasteiger charge is 2.38. The first-order chi connectivity index (χ1) is 17.3. The van der Waals surface area contributed by atoms with E-state index in [1.165, 1.54) is 22.9 Å². The van der Waals surface area contributed by atoms with Crippen molar-refractivity contribution >= 4 is 11.7 Å². The van der Waals surface area contributed by atoms with E-state index in [1.807, 2.05) is 0 Å². The SMILES string of the molecule is Cc1nn(-c2cccc(C(=O)O)c2)c2c1C(c1ccc(-c3ccccc3[N+](=O)[O-])o1)C(C#N)=C(N)O2. The van der Waals surface area contributed by atoms with Crippen LogP contribution in [0.4, 0.5) is 5.69 Å². The van der Waals surface area contributed by atoms with Crippen LogP contribution in [0, 0.1) is 28.4 Å². The highest BCUT2D eigenvalue weighted by molar-refractivity contribution is 5.88. The number of carboxylic acid groups (broad SMARTS) is 1. The van der Waals surface area contributed by atoms with Gasteiger partial charge < -0.3 is 20.0 Å². The first-order valence-corrected chi connectivity index (χ1v) is 10.6. The number of para-hydroxylation sites is 1. The zero-order valence-corrected chi connectivity index (χ0v) is 18.7. The van der Waals surface area contributed by atoms with Gasteiger partial charge in [-0.3, -0.25) is 10.1 Å². The van der Waals surface area contributed by atoms with Gasteiger partial charge in [-0.15, -0.1) is 0 Å². The van der Waals surface area contributed by atoms with E-state index >= 15 is 0 Å². The number of nitro groups is 1. The Kier molecular flexibility index (Phi) is 5.26. The molecule has 3 heterocycles. The van der Waals surface area contributed by atoms with Gasteiger partial charge >= 0.3 is 5.97 Å². The fraction of sp³-hybridized carbons (Fsp3) is 0.0800. The molecule has 3 N–H and O–H groups in total. The van der Waals surface area contributed by atoms with Crippen molar-refractivity contribution in [2.75, 3.05) is 0 Å². The number of furan rings is 1. The maximum absolute atomic E-state index is 11.5. The highest BCUT2D eigenvalue weighted by atomic mass is 16.6. The molecule has 1 unspecified atom stereocenters. The number of ether oxygens (including phenoxy) is 1. The van der Waals surface area contributed by atoms with Crippen LogP contribution in [0.2, 0.25) is 0 Å². The normalized spacial score (nSPS) is 14.6. The van der Waals surface area contributed by atoms with Crippen molar-refractivity contribution in [2.45, 2.75) is 12.8 Å². The number of nitriles is 1. The van der Waals surface area contributed by atoms with E-state index in [2.05, 4.69) is 11.2 Å². The molecule has 0 saturated carbocycles. The fourth-order valence-electron chi connectivity index (χ4n) is 4.24. The van der Waals surface area contributed by atoms with Crippen molar-refractivity contribution in [1.29, 1.82) is 5.26 Å². The summed E-state index contributed by atoms with van der Waals surface area (Å²) in [6.07, 6.45) is 0. The number of nitrogens with zero attached hydrogens (tertiary/aromatic N) is 4. The summed E-state index contributed by atoms with van der Waals surface area (Å²) in [6.45, 7) is 1.72.